The van der Waals surface area contributed by atoms with Gasteiger partial charge in [-0.15, -0.1) is 0 Å². The van der Waals surface area contributed by atoms with Crippen LogP contribution < -0.4 is 14.9 Å². The van der Waals surface area contributed by atoms with Crippen molar-refractivity contribution in [2.45, 2.75) is 0 Å². The summed E-state index contributed by atoms with van der Waals surface area (Å²) in [6, 6.07) is 9.69. The minimum Gasteiger partial charge on any atom is -0.507 e. The Labute approximate surface area is 193 Å². The van der Waals surface area contributed by atoms with Gasteiger partial charge in [-0.3, -0.25) is 9.59 Å². The first-order valence-electron chi connectivity index (χ1n) is 9.46. The number of morpholine rings is 1. The van der Waals surface area contributed by atoms with E-state index in [2.05, 4.69) is 10.5 Å². The van der Waals surface area contributed by atoms with Gasteiger partial charge in [-0.1, -0.05) is 0 Å². The van der Waals surface area contributed by atoms with Crippen molar-refractivity contribution in [2.75, 3.05) is 40.0 Å². The van der Waals surface area contributed by atoms with Crippen LogP contribution in [0.25, 0.3) is 0 Å². The maximum atomic E-state index is 12.2. The lowest BCUT2D eigenvalue weighted by Crippen LogP contribution is -2.43. The van der Waals surface area contributed by atoms with E-state index in [1.807, 2.05) is 22.6 Å². The summed E-state index contributed by atoms with van der Waals surface area (Å²) in [5.41, 5.74) is 3.36. The number of carbonyl (C=O) groups excluding carboxylic acids is 2. The molecular formula is C21H22IN3O6. The van der Waals surface area contributed by atoms with E-state index in [1.54, 1.807) is 35.2 Å². The number of nitrogens with zero attached hydrogens (tertiary/aromatic N) is 2. The molecule has 9 nitrogen and oxygen atoms in total. The van der Waals surface area contributed by atoms with Crippen LogP contribution >= 0.6 is 22.6 Å². The first kappa shape index (κ1) is 22.8. The van der Waals surface area contributed by atoms with Crippen LogP contribution in [0.5, 0.6) is 17.2 Å². The maximum Gasteiger partial charge on any atom is 0.271 e. The van der Waals surface area contributed by atoms with E-state index in [9.17, 15) is 14.7 Å². The zero-order valence-electron chi connectivity index (χ0n) is 16.8. The molecule has 0 saturated carbocycles. The zero-order chi connectivity index (χ0) is 22.2. The van der Waals surface area contributed by atoms with E-state index < -0.39 is 5.91 Å². The fraction of sp³-hybridized carbons (Fsp3) is 0.286. The highest BCUT2D eigenvalue weighted by atomic mass is 127. The fourth-order valence-corrected chi connectivity index (χ4v) is 3.15. The standard InChI is InChI=1S/C21H22IN3O6/c1-29-19-10-14(12-23-24-21(28)15-3-4-16(22)17(26)11-15)2-5-18(19)31-13-20(27)25-6-8-30-9-7-25/h2-5,10-12,26H,6-9,13H2,1H3,(H,24,28)/b23-12-. The highest BCUT2D eigenvalue weighted by molar-refractivity contribution is 14.1. The molecule has 1 saturated heterocycles. The molecule has 31 heavy (non-hydrogen) atoms. The zero-order valence-corrected chi connectivity index (χ0v) is 19.0. The number of halogens is 1. The number of hydrazone groups is 1. The number of amides is 2. The number of nitrogens with one attached hydrogen (secondary N) is 1. The molecule has 0 atom stereocenters. The van der Waals surface area contributed by atoms with Crippen LogP contribution in [0.2, 0.25) is 0 Å². The lowest BCUT2D eigenvalue weighted by atomic mass is 10.2. The van der Waals surface area contributed by atoms with Gasteiger partial charge in [0.25, 0.3) is 11.8 Å². The van der Waals surface area contributed by atoms with Crippen LogP contribution in [-0.4, -0.2) is 68.1 Å². The second kappa shape index (κ2) is 11.0. The summed E-state index contributed by atoms with van der Waals surface area (Å²) in [6.07, 6.45) is 1.45. The fourth-order valence-electron chi connectivity index (χ4n) is 2.81. The van der Waals surface area contributed by atoms with Gasteiger partial charge in [-0.05, 0) is 64.6 Å². The number of carbonyl (C=O) groups is 2. The molecule has 0 bridgehead atoms. The van der Waals surface area contributed by atoms with Gasteiger partial charge in [-0.25, -0.2) is 5.43 Å². The molecule has 0 unspecified atom stereocenters. The Balaban J connectivity index is 1.57. The van der Waals surface area contributed by atoms with E-state index in [0.29, 0.717) is 52.5 Å². The molecule has 1 heterocycles. The van der Waals surface area contributed by atoms with Crippen LogP contribution in [0.15, 0.2) is 41.5 Å². The Morgan fingerprint density at radius 1 is 1.23 bits per heavy atom. The van der Waals surface area contributed by atoms with Crippen molar-refractivity contribution < 1.29 is 28.9 Å². The SMILES string of the molecule is COc1cc(/C=N\NC(=O)c2ccc(I)c(O)c2)ccc1OCC(=O)N1CCOCC1. The largest absolute Gasteiger partial charge is 0.507 e. The van der Waals surface area contributed by atoms with Crippen molar-refractivity contribution >= 4 is 40.6 Å². The first-order valence-corrected chi connectivity index (χ1v) is 10.5. The Hall–Kier alpha value is -2.86. The van der Waals surface area contributed by atoms with E-state index in [4.69, 9.17) is 14.2 Å². The second-order valence-electron chi connectivity index (χ2n) is 6.56. The molecule has 10 heteroatoms. The molecule has 164 valence electrons. The summed E-state index contributed by atoms with van der Waals surface area (Å²) in [6.45, 7) is 2.09. The van der Waals surface area contributed by atoms with Gasteiger partial charge < -0.3 is 24.2 Å². The molecule has 0 aromatic heterocycles. The molecule has 3 rings (SSSR count). The van der Waals surface area contributed by atoms with Crippen LogP contribution in [0.4, 0.5) is 0 Å². The van der Waals surface area contributed by atoms with Gasteiger partial charge >= 0.3 is 0 Å². The minimum atomic E-state index is -0.448. The molecule has 2 amide bonds. The normalized spacial score (nSPS) is 13.8. The third-order valence-electron chi connectivity index (χ3n) is 4.49. The van der Waals surface area contributed by atoms with Crippen molar-refractivity contribution in [2.24, 2.45) is 5.10 Å². The lowest BCUT2D eigenvalue weighted by molar-refractivity contribution is -0.137. The van der Waals surface area contributed by atoms with Crippen molar-refractivity contribution in [3.8, 4) is 17.2 Å². The smallest absolute Gasteiger partial charge is 0.271 e. The lowest BCUT2D eigenvalue weighted by Gasteiger charge is -2.26. The molecule has 1 aliphatic rings. The molecule has 0 aliphatic carbocycles. The van der Waals surface area contributed by atoms with Gasteiger partial charge in [0.15, 0.2) is 18.1 Å². The molecule has 0 spiro atoms. The third-order valence-corrected chi connectivity index (χ3v) is 5.40. The molecule has 0 radical (unpaired) electrons. The van der Waals surface area contributed by atoms with E-state index in [1.165, 1.54) is 19.4 Å². The molecule has 1 aliphatic heterocycles. The number of hydrogen-bond acceptors (Lipinski definition) is 7. The molecule has 2 aromatic rings. The average molecular weight is 539 g/mol. The molecule has 2 N–H and O–H groups in total. The van der Waals surface area contributed by atoms with E-state index in [0.717, 1.165) is 0 Å². The minimum absolute atomic E-state index is 0.0321. The summed E-state index contributed by atoms with van der Waals surface area (Å²) in [5.74, 6) is 0.341. The highest BCUT2D eigenvalue weighted by Crippen LogP contribution is 2.27. The Bertz CT molecular complexity index is 976. The quantitative estimate of drug-likeness (QED) is 0.317. The number of aromatic hydroxyl groups is 1. The highest BCUT2D eigenvalue weighted by Gasteiger charge is 2.18. The van der Waals surface area contributed by atoms with Gasteiger partial charge in [0.1, 0.15) is 5.75 Å². The third kappa shape index (κ3) is 6.31. The van der Waals surface area contributed by atoms with Crippen LogP contribution in [-0.2, 0) is 9.53 Å². The van der Waals surface area contributed by atoms with Crippen molar-refractivity contribution in [1.29, 1.82) is 0 Å². The molecule has 1 fully saturated rings. The number of phenolic OH excluding ortho intramolecular Hbond substituents is 1. The second-order valence-corrected chi connectivity index (χ2v) is 7.72. The van der Waals surface area contributed by atoms with Crippen LogP contribution in [0.1, 0.15) is 15.9 Å². The number of hydrogen-bond donors (Lipinski definition) is 2. The number of ether oxygens (including phenoxy) is 3. The predicted molar refractivity (Wildman–Crippen MR) is 122 cm³/mol. The maximum absolute atomic E-state index is 12.2. The van der Waals surface area contributed by atoms with E-state index >= 15 is 0 Å². The number of rotatable bonds is 7. The van der Waals surface area contributed by atoms with Crippen LogP contribution in [0.3, 0.4) is 0 Å². The number of phenols is 1. The Kier molecular flexibility index (Phi) is 8.06. The summed E-state index contributed by atoms with van der Waals surface area (Å²) in [7, 11) is 1.50. The summed E-state index contributed by atoms with van der Waals surface area (Å²) >= 11 is 1.97. The predicted octanol–water partition coefficient (Wildman–Crippen LogP) is 2.01. The topological polar surface area (TPSA) is 110 Å². The van der Waals surface area contributed by atoms with Gasteiger partial charge in [0.2, 0.25) is 0 Å². The molecule has 2 aromatic carbocycles. The van der Waals surface area contributed by atoms with E-state index in [-0.39, 0.29) is 18.3 Å². The summed E-state index contributed by atoms with van der Waals surface area (Å²) in [5, 5.41) is 13.6. The monoisotopic (exact) mass is 539 g/mol. The Morgan fingerprint density at radius 2 is 2.00 bits per heavy atom. The van der Waals surface area contributed by atoms with Crippen molar-refractivity contribution in [3.63, 3.8) is 0 Å². The number of methoxy groups -OCH3 is 1. The van der Waals surface area contributed by atoms with Gasteiger partial charge in [-0.2, -0.15) is 5.10 Å². The van der Waals surface area contributed by atoms with Crippen molar-refractivity contribution in [3.05, 3.63) is 51.1 Å². The van der Waals surface area contributed by atoms with Crippen molar-refractivity contribution in [1.82, 2.24) is 10.3 Å². The number of benzene rings is 2. The Morgan fingerprint density at radius 3 is 2.71 bits per heavy atom. The summed E-state index contributed by atoms with van der Waals surface area (Å²) < 4.78 is 16.9. The van der Waals surface area contributed by atoms with Gasteiger partial charge in [0, 0.05) is 18.7 Å². The van der Waals surface area contributed by atoms with Crippen LogP contribution in [0, 0.1) is 3.57 Å². The van der Waals surface area contributed by atoms with Gasteiger partial charge in [0.05, 0.1) is 30.1 Å². The average Bonchev–Trinajstić information content (AvgIpc) is 2.80. The first-order chi connectivity index (χ1) is 15.0. The molecular weight excluding hydrogens is 517 g/mol. The summed E-state index contributed by atoms with van der Waals surface area (Å²) in [4.78, 5) is 26.1.